The minimum atomic E-state index is -0.624. The third kappa shape index (κ3) is 5.03. The van der Waals surface area contributed by atoms with E-state index in [9.17, 15) is 0 Å². The second-order valence-electron chi connectivity index (χ2n) is 15.3. The van der Waals surface area contributed by atoms with Crippen molar-refractivity contribution in [3.8, 4) is 78.9 Å². The van der Waals surface area contributed by atoms with Crippen molar-refractivity contribution in [1.29, 1.82) is 0 Å². The molecule has 0 aliphatic heterocycles. The van der Waals surface area contributed by atoms with Gasteiger partial charge in [0.1, 0.15) is 0 Å². The molecule has 12 rings (SSSR count). The molecule has 1 spiro atoms. The molecule has 2 aliphatic carbocycles. The maximum Gasteiger partial charge on any atom is 0.164 e. The van der Waals surface area contributed by atoms with Crippen LogP contribution in [0.25, 0.3) is 89.7 Å². The fraction of sp³-hybridized carbons (Fsp3) is 0.0182. The van der Waals surface area contributed by atoms with Gasteiger partial charge in [-0.2, -0.15) is 0 Å². The largest absolute Gasteiger partial charge is 0.247 e. The van der Waals surface area contributed by atoms with Crippen LogP contribution in [-0.4, -0.2) is 19.9 Å². The van der Waals surface area contributed by atoms with E-state index in [1.807, 2.05) is 24.3 Å². The van der Waals surface area contributed by atoms with Crippen molar-refractivity contribution in [3.05, 3.63) is 229 Å². The average molecular weight is 751 g/mol. The first kappa shape index (κ1) is 33.3. The Morgan fingerprint density at radius 3 is 1.39 bits per heavy atom. The van der Waals surface area contributed by atoms with Crippen LogP contribution in [0, 0.1) is 0 Å². The molecular weight excluding hydrogens is 717 g/mol. The van der Waals surface area contributed by atoms with Crippen molar-refractivity contribution < 1.29 is 0 Å². The summed E-state index contributed by atoms with van der Waals surface area (Å²) in [5, 5.41) is 2.34. The quantitative estimate of drug-likeness (QED) is 0.176. The number of benzene rings is 8. The molecule has 2 heterocycles. The van der Waals surface area contributed by atoms with E-state index in [-0.39, 0.29) is 0 Å². The van der Waals surface area contributed by atoms with Gasteiger partial charge in [0.05, 0.1) is 16.8 Å². The summed E-state index contributed by atoms with van der Waals surface area (Å²) in [4.78, 5) is 21.1. The smallest absolute Gasteiger partial charge is 0.164 e. The number of nitrogens with zero attached hydrogens (tertiary/aromatic N) is 4. The average Bonchev–Trinajstić information content (AvgIpc) is 3.79. The van der Waals surface area contributed by atoms with Gasteiger partial charge in [0.25, 0.3) is 0 Å². The maximum absolute atomic E-state index is 5.62. The van der Waals surface area contributed by atoms with E-state index in [0.29, 0.717) is 17.5 Å². The fourth-order valence-corrected chi connectivity index (χ4v) is 9.58. The maximum atomic E-state index is 5.62. The molecule has 2 aliphatic rings. The van der Waals surface area contributed by atoms with Crippen LogP contribution in [0.2, 0.25) is 0 Å². The van der Waals surface area contributed by atoms with Crippen molar-refractivity contribution >= 4 is 10.8 Å². The predicted molar refractivity (Wildman–Crippen MR) is 239 cm³/mol. The first-order valence-electron chi connectivity index (χ1n) is 20.1. The summed E-state index contributed by atoms with van der Waals surface area (Å²) in [6.07, 6.45) is 0. The summed E-state index contributed by atoms with van der Waals surface area (Å²) >= 11 is 0. The third-order valence-corrected chi connectivity index (χ3v) is 12.1. The van der Waals surface area contributed by atoms with Crippen LogP contribution in [0.5, 0.6) is 0 Å². The SMILES string of the molecule is c1ccc(-c2ccc(-c3nc(-c4ccccc4)nc(-c4ccc5c(c4)C4(c6ccccc6-5)c5ccccc5-c5nc(-c6ccccc6)c6ccccc6c54)n3)cc2)cc1. The molecule has 2 aromatic heterocycles. The first-order valence-corrected chi connectivity index (χ1v) is 20.1. The second kappa shape index (κ2) is 13.1. The Morgan fingerprint density at radius 1 is 0.271 bits per heavy atom. The molecule has 0 bridgehead atoms. The van der Waals surface area contributed by atoms with Gasteiger partial charge in [-0.3, -0.25) is 0 Å². The summed E-state index contributed by atoms with van der Waals surface area (Å²) < 4.78 is 0. The van der Waals surface area contributed by atoms with Gasteiger partial charge in [0.15, 0.2) is 17.5 Å². The lowest BCUT2D eigenvalue weighted by Gasteiger charge is -2.31. The molecule has 4 nitrogen and oxygen atoms in total. The first-order chi connectivity index (χ1) is 29.3. The lowest BCUT2D eigenvalue weighted by Crippen LogP contribution is -2.26. The Labute approximate surface area is 342 Å². The highest BCUT2D eigenvalue weighted by molar-refractivity contribution is 6.07. The third-order valence-electron chi connectivity index (χ3n) is 12.1. The van der Waals surface area contributed by atoms with Crippen molar-refractivity contribution in [3.63, 3.8) is 0 Å². The lowest BCUT2D eigenvalue weighted by molar-refractivity contribution is 0.799. The normalized spacial score (nSPS) is 14.5. The summed E-state index contributed by atoms with van der Waals surface area (Å²) in [6, 6.07) is 73.1. The van der Waals surface area contributed by atoms with Crippen LogP contribution in [0.3, 0.4) is 0 Å². The lowest BCUT2D eigenvalue weighted by atomic mass is 9.69. The molecule has 0 amide bonds. The molecule has 59 heavy (non-hydrogen) atoms. The van der Waals surface area contributed by atoms with Gasteiger partial charge >= 0.3 is 0 Å². The van der Waals surface area contributed by atoms with Gasteiger partial charge < -0.3 is 0 Å². The Hall–Kier alpha value is -7.82. The van der Waals surface area contributed by atoms with Gasteiger partial charge in [-0.1, -0.05) is 200 Å². The summed E-state index contributed by atoms with van der Waals surface area (Å²) in [6.45, 7) is 0. The van der Waals surface area contributed by atoms with E-state index in [0.717, 1.165) is 50.2 Å². The van der Waals surface area contributed by atoms with Crippen LogP contribution < -0.4 is 0 Å². The number of aromatic nitrogens is 4. The standard InChI is InChI=1S/C55H34N4/c1-4-16-35(17-5-1)36-28-30-39(31-29-36)53-57-52(38-20-8-3-9-21-38)58-54(59-53)40-32-33-42-41-22-12-14-26-46(41)55(48(42)34-40)47-27-15-13-25-45(47)51-49(55)43-23-10-11-24-44(43)50(56-51)37-18-6-2-7-19-37/h1-34H. The van der Waals surface area contributed by atoms with E-state index >= 15 is 0 Å². The van der Waals surface area contributed by atoms with Crippen LogP contribution in [0.4, 0.5) is 0 Å². The molecule has 0 saturated carbocycles. The van der Waals surface area contributed by atoms with Crippen molar-refractivity contribution in [2.75, 3.05) is 0 Å². The van der Waals surface area contributed by atoms with Gasteiger partial charge in [0.2, 0.25) is 0 Å². The highest BCUT2D eigenvalue weighted by Crippen LogP contribution is 2.64. The minimum Gasteiger partial charge on any atom is -0.247 e. The van der Waals surface area contributed by atoms with Crippen LogP contribution in [0.15, 0.2) is 206 Å². The molecule has 0 fully saturated rings. The Balaban J connectivity index is 1.11. The van der Waals surface area contributed by atoms with Crippen molar-refractivity contribution in [2.24, 2.45) is 0 Å². The van der Waals surface area contributed by atoms with Gasteiger partial charge in [-0.15, -0.1) is 0 Å². The van der Waals surface area contributed by atoms with Gasteiger partial charge in [-0.25, -0.2) is 19.9 Å². The molecule has 4 heteroatoms. The second-order valence-corrected chi connectivity index (χ2v) is 15.3. The molecule has 0 saturated heterocycles. The van der Waals surface area contributed by atoms with Crippen LogP contribution in [0.1, 0.15) is 22.3 Å². The monoisotopic (exact) mass is 750 g/mol. The summed E-state index contributed by atoms with van der Waals surface area (Å²) in [5.74, 6) is 1.90. The number of pyridine rings is 1. The van der Waals surface area contributed by atoms with Crippen LogP contribution >= 0.6 is 0 Å². The zero-order valence-electron chi connectivity index (χ0n) is 31.9. The number of hydrogen-bond acceptors (Lipinski definition) is 4. The highest BCUT2D eigenvalue weighted by Gasteiger charge is 2.53. The van der Waals surface area contributed by atoms with Crippen LogP contribution in [-0.2, 0) is 5.41 Å². The van der Waals surface area contributed by atoms with E-state index in [1.54, 1.807) is 0 Å². The molecule has 1 unspecified atom stereocenters. The molecule has 0 radical (unpaired) electrons. The minimum absolute atomic E-state index is 0.624. The van der Waals surface area contributed by atoms with Gasteiger partial charge in [0, 0.05) is 38.8 Å². The van der Waals surface area contributed by atoms with E-state index in [1.165, 1.54) is 44.3 Å². The van der Waals surface area contributed by atoms with Crippen molar-refractivity contribution in [2.45, 2.75) is 5.41 Å². The zero-order chi connectivity index (χ0) is 38.9. The number of hydrogen-bond donors (Lipinski definition) is 0. The molecule has 10 aromatic rings. The number of rotatable bonds is 5. The molecule has 0 N–H and O–H groups in total. The fourth-order valence-electron chi connectivity index (χ4n) is 9.58. The molecular formula is C55H34N4. The van der Waals surface area contributed by atoms with E-state index in [2.05, 4.69) is 182 Å². The molecule has 8 aromatic carbocycles. The predicted octanol–water partition coefficient (Wildman–Crippen LogP) is 13.1. The van der Waals surface area contributed by atoms with E-state index in [4.69, 9.17) is 19.9 Å². The summed E-state index contributed by atoms with van der Waals surface area (Å²) in [5.41, 5.74) is 16.1. The van der Waals surface area contributed by atoms with Crippen molar-refractivity contribution in [1.82, 2.24) is 19.9 Å². The number of fused-ring (bicyclic) bond motifs is 12. The Bertz CT molecular complexity index is 3250. The zero-order valence-corrected chi connectivity index (χ0v) is 31.9. The highest BCUT2D eigenvalue weighted by atomic mass is 15.0. The topological polar surface area (TPSA) is 51.6 Å². The molecule has 274 valence electrons. The Morgan fingerprint density at radius 2 is 0.712 bits per heavy atom. The molecule has 1 atom stereocenters. The summed E-state index contributed by atoms with van der Waals surface area (Å²) in [7, 11) is 0. The van der Waals surface area contributed by atoms with E-state index < -0.39 is 5.41 Å². The van der Waals surface area contributed by atoms with Gasteiger partial charge in [-0.05, 0) is 50.4 Å². The Kier molecular flexibility index (Phi) is 7.41.